The highest BCUT2D eigenvalue weighted by atomic mass is 15.0. The van der Waals surface area contributed by atoms with Crippen LogP contribution in [0.3, 0.4) is 0 Å². The minimum Gasteiger partial charge on any atom is -0.298 e. The van der Waals surface area contributed by atoms with Crippen LogP contribution >= 0.6 is 0 Å². The Bertz CT molecular complexity index is 3660. The van der Waals surface area contributed by atoms with Crippen molar-refractivity contribution < 1.29 is 0 Å². The molecule has 5 heteroatoms. The molecule has 304 valence electrons. The van der Waals surface area contributed by atoms with Gasteiger partial charge in [0.15, 0.2) is 5.82 Å². The molecule has 0 amide bonds. The lowest BCUT2D eigenvalue weighted by molar-refractivity contribution is 1.18. The second-order valence-electron chi connectivity index (χ2n) is 16.2. The highest BCUT2D eigenvalue weighted by Gasteiger charge is 2.21. The molecule has 5 nitrogen and oxygen atoms in total. The van der Waals surface area contributed by atoms with Gasteiger partial charge in [-0.2, -0.15) is 0 Å². The molecule has 12 rings (SSSR count). The number of benzene rings is 8. The minimum absolute atomic E-state index is 0.694. The molecular formula is C60H39N5. The van der Waals surface area contributed by atoms with Crippen LogP contribution in [0.15, 0.2) is 237 Å². The van der Waals surface area contributed by atoms with Gasteiger partial charge in [0.25, 0.3) is 0 Å². The molecule has 12 aromatic rings. The largest absolute Gasteiger partial charge is 0.298 e. The van der Waals surface area contributed by atoms with Gasteiger partial charge >= 0.3 is 0 Å². The predicted octanol–water partition coefficient (Wildman–Crippen LogP) is 15.2. The summed E-state index contributed by atoms with van der Waals surface area (Å²) in [5, 5.41) is 3.24. The third-order valence-electron chi connectivity index (χ3n) is 12.2. The molecule has 65 heavy (non-hydrogen) atoms. The monoisotopic (exact) mass is 829 g/mol. The van der Waals surface area contributed by atoms with E-state index in [1.165, 1.54) is 5.56 Å². The number of rotatable bonds is 8. The van der Waals surface area contributed by atoms with Crippen molar-refractivity contribution >= 4 is 27.3 Å². The van der Waals surface area contributed by atoms with Crippen molar-refractivity contribution in [2.45, 2.75) is 0 Å². The van der Waals surface area contributed by atoms with Gasteiger partial charge in [0.1, 0.15) is 5.65 Å². The minimum atomic E-state index is 0.694. The number of fused-ring (bicyclic) bond motifs is 5. The summed E-state index contributed by atoms with van der Waals surface area (Å²) in [6.07, 6.45) is 2.16. The van der Waals surface area contributed by atoms with E-state index in [2.05, 4.69) is 211 Å². The molecule has 0 bridgehead atoms. The van der Waals surface area contributed by atoms with Gasteiger partial charge in [-0.1, -0.05) is 206 Å². The SMILES string of the molecule is c1ccc(-c2cccc(-c3cc(-c4ccc(-c5ccc(-c6c(-c7ccccc7)nc7c8c(ccn67)c(-c6ccccc6)nc6ccccc68)cc5)cc4)nc(-c4ccccc4)n3)c2)cc1. The molecule has 0 spiro atoms. The number of imidazole rings is 1. The first-order valence-corrected chi connectivity index (χ1v) is 21.9. The zero-order chi connectivity index (χ0) is 43.1. The van der Waals surface area contributed by atoms with E-state index < -0.39 is 0 Å². The highest BCUT2D eigenvalue weighted by Crippen LogP contribution is 2.40. The third kappa shape index (κ3) is 7.02. The van der Waals surface area contributed by atoms with Crippen LogP contribution in [0.1, 0.15) is 0 Å². The Hall–Kier alpha value is -8.80. The molecule has 0 aliphatic carbocycles. The second-order valence-corrected chi connectivity index (χ2v) is 16.2. The van der Waals surface area contributed by atoms with Crippen molar-refractivity contribution in [2.75, 3.05) is 0 Å². The van der Waals surface area contributed by atoms with Crippen molar-refractivity contribution in [1.82, 2.24) is 24.3 Å². The molecule has 0 aliphatic heterocycles. The number of hydrogen-bond acceptors (Lipinski definition) is 4. The third-order valence-corrected chi connectivity index (χ3v) is 12.2. The van der Waals surface area contributed by atoms with Crippen LogP contribution in [0.2, 0.25) is 0 Å². The molecule has 0 atom stereocenters. The Morgan fingerprint density at radius 1 is 0.292 bits per heavy atom. The molecule has 0 fully saturated rings. The summed E-state index contributed by atoms with van der Waals surface area (Å²) in [6, 6.07) is 80.4. The van der Waals surface area contributed by atoms with Gasteiger partial charge < -0.3 is 0 Å². The Labute approximate surface area is 376 Å². The Morgan fingerprint density at radius 3 is 1.45 bits per heavy atom. The van der Waals surface area contributed by atoms with E-state index in [-0.39, 0.29) is 0 Å². The van der Waals surface area contributed by atoms with Gasteiger partial charge in [-0.25, -0.2) is 19.9 Å². The number of aromatic nitrogens is 5. The van der Waals surface area contributed by atoms with Crippen LogP contribution in [0.5, 0.6) is 0 Å². The molecule has 0 saturated heterocycles. The summed E-state index contributed by atoms with van der Waals surface area (Å²) < 4.78 is 2.26. The summed E-state index contributed by atoms with van der Waals surface area (Å²) in [6.45, 7) is 0. The fourth-order valence-electron chi connectivity index (χ4n) is 9.02. The standard InChI is InChI=1S/C60H39N5/c1-5-16-40(17-6-1)48-24-15-25-49(38-48)54-39-53(62-59(63-54)47-22-11-4-12-23-47)43-32-28-41(29-33-43)42-30-34-46(35-31-42)58-57(45-20-9-3-10-21-45)64-60-55-50-26-13-14-27-52(50)61-56(44-18-7-2-8-19-44)51(55)36-37-65(58)60/h1-39H. The molecular weight excluding hydrogens is 791 g/mol. The van der Waals surface area contributed by atoms with Crippen LogP contribution in [0.4, 0.5) is 0 Å². The van der Waals surface area contributed by atoms with Crippen LogP contribution in [-0.2, 0) is 0 Å². The van der Waals surface area contributed by atoms with Crippen molar-refractivity contribution in [1.29, 1.82) is 0 Å². The first-order valence-electron chi connectivity index (χ1n) is 21.9. The van der Waals surface area contributed by atoms with Crippen LogP contribution in [0, 0.1) is 0 Å². The highest BCUT2D eigenvalue weighted by molar-refractivity contribution is 6.17. The zero-order valence-corrected chi connectivity index (χ0v) is 35.3. The maximum absolute atomic E-state index is 5.49. The van der Waals surface area contributed by atoms with Gasteiger partial charge in [-0.3, -0.25) is 4.40 Å². The zero-order valence-electron chi connectivity index (χ0n) is 35.3. The van der Waals surface area contributed by atoms with Gasteiger partial charge in [-0.05, 0) is 46.5 Å². The van der Waals surface area contributed by atoms with Gasteiger partial charge in [0.2, 0.25) is 0 Å². The van der Waals surface area contributed by atoms with E-state index in [0.717, 1.165) is 106 Å². The van der Waals surface area contributed by atoms with E-state index in [1.807, 2.05) is 30.3 Å². The van der Waals surface area contributed by atoms with Crippen molar-refractivity contribution in [3.05, 3.63) is 237 Å². The summed E-state index contributed by atoms with van der Waals surface area (Å²) in [7, 11) is 0. The summed E-state index contributed by atoms with van der Waals surface area (Å²) in [5.41, 5.74) is 17.3. The van der Waals surface area contributed by atoms with E-state index in [4.69, 9.17) is 19.9 Å². The van der Waals surface area contributed by atoms with E-state index >= 15 is 0 Å². The molecule has 0 saturated carbocycles. The van der Waals surface area contributed by atoms with Gasteiger partial charge in [0, 0.05) is 55.7 Å². The summed E-state index contributed by atoms with van der Waals surface area (Å²) in [5.74, 6) is 0.694. The Kier molecular flexibility index (Phi) is 9.42. The summed E-state index contributed by atoms with van der Waals surface area (Å²) >= 11 is 0. The fraction of sp³-hybridized carbons (Fsp3) is 0. The van der Waals surface area contributed by atoms with Crippen LogP contribution in [0.25, 0.3) is 117 Å². The molecule has 0 N–H and O–H groups in total. The molecule has 0 unspecified atom stereocenters. The first-order chi connectivity index (χ1) is 32.2. The molecule has 8 aromatic carbocycles. The van der Waals surface area contributed by atoms with Crippen molar-refractivity contribution in [3.63, 3.8) is 0 Å². The van der Waals surface area contributed by atoms with Crippen LogP contribution in [-0.4, -0.2) is 24.3 Å². The molecule has 0 radical (unpaired) electrons. The van der Waals surface area contributed by atoms with Crippen molar-refractivity contribution in [3.8, 4) is 89.9 Å². The van der Waals surface area contributed by atoms with E-state index in [0.29, 0.717) is 5.82 Å². The number of pyridine rings is 2. The van der Waals surface area contributed by atoms with E-state index in [1.54, 1.807) is 0 Å². The average molecular weight is 830 g/mol. The Balaban J connectivity index is 0.932. The molecule has 0 aliphatic rings. The van der Waals surface area contributed by atoms with Gasteiger partial charge in [-0.15, -0.1) is 0 Å². The smallest absolute Gasteiger partial charge is 0.160 e. The number of nitrogens with zero attached hydrogens (tertiary/aromatic N) is 5. The topological polar surface area (TPSA) is 56.0 Å². The average Bonchev–Trinajstić information content (AvgIpc) is 3.79. The predicted molar refractivity (Wildman–Crippen MR) is 267 cm³/mol. The normalized spacial score (nSPS) is 11.4. The fourth-order valence-corrected chi connectivity index (χ4v) is 9.02. The lowest BCUT2D eigenvalue weighted by atomic mass is 9.98. The number of para-hydroxylation sites is 1. The molecule has 4 heterocycles. The Morgan fingerprint density at radius 2 is 0.785 bits per heavy atom. The maximum atomic E-state index is 5.49. The van der Waals surface area contributed by atoms with Crippen molar-refractivity contribution in [2.24, 2.45) is 0 Å². The van der Waals surface area contributed by atoms with E-state index in [9.17, 15) is 0 Å². The number of hydrogen-bond donors (Lipinski definition) is 0. The lowest BCUT2D eigenvalue weighted by Crippen LogP contribution is -1.96. The quantitative estimate of drug-likeness (QED) is 0.143. The lowest BCUT2D eigenvalue weighted by Gasteiger charge is -2.12. The van der Waals surface area contributed by atoms with Gasteiger partial charge in [0.05, 0.1) is 34.0 Å². The maximum Gasteiger partial charge on any atom is 0.160 e. The second kappa shape index (κ2) is 16.2. The van der Waals surface area contributed by atoms with Crippen LogP contribution < -0.4 is 0 Å². The molecule has 4 aromatic heterocycles. The summed E-state index contributed by atoms with van der Waals surface area (Å²) in [4.78, 5) is 20.9. The first kappa shape index (κ1) is 37.9.